The minimum atomic E-state index is 0.297. The first-order valence-corrected chi connectivity index (χ1v) is 7.15. The number of nitrogens with two attached hydrogens (primary N) is 1. The second kappa shape index (κ2) is 6.51. The van der Waals surface area contributed by atoms with Crippen molar-refractivity contribution in [3.05, 3.63) is 29.1 Å². The maximum atomic E-state index is 6.08. The molecule has 0 saturated carbocycles. The van der Waals surface area contributed by atoms with Gasteiger partial charge >= 0.3 is 0 Å². The molecule has 4 N–H and O–H groups in total. The van der Waals surface area contributed by atoms with Crippen LogP contribution in [0.15, 0.2) is 29.1 Å². The van der Waals surface area contributed by atoms with Gasteiger partial charge in [-0.25, -0.2) is 15.0 Å². The summed E-state index contributed by atoms with van der Waals surface area (Å²) in [7, 11) is 0. The summed E-state index contributed by atoms with van der Waals surface area (Å²) < 4.78 is 0.915. The lowest BCUT2D eigenvalue weighted by molar-refractivity contribution is 0.759. The van der Waals surface area contributed by atoms with Crippen molar-refractivity contribution < 1.29 is 0 Å². The first-order chi connectivity index (χ1) is 9.60. The Morgan fingerprint density at radius 3 is 2.65 bits per heavy atom. The van der Waals surface area contributed by atoms with Gasteiger partial charge in [-0.1, -0.05) is 6.92 Å². The van der Waals surface area contributed by atoms with E-state index in [2.05, 4.69) is 55.4 Å². The molecule has 20 heavy (non-hydrogen) atoms. The zero-order chi connectivity index (χ0) is 14.5. The molecule has 0 aromatic carbocycles. The second-order valence-corrected chi connectivity index (χ2v) is 5.34. The van der Waals surface area contributed by atoms with E-state index in [0.29, 0.717) is 29.2 Å². The fourth-order valence-corrected chi connectivity index (χ4v) is 1.75. The molecular weight excluding hydrogens is 320 g/mol. The number of nitrogens with zero attached hydrogens (tertiary/aromatic N) is 3. The predicted molar refractivity (Wildman–Crippen MR) is 85.0 cm³/mol. The van der Waals surface area contributed by atoms with Crippen LogP contribution in [0.1, 0.15) is 20.3 Å². The second-order valence-electron chi connectivity index (χ2n) is 4.42. The lowest BCUT2D eigenvalue weighted by Gasteiger charge is -2.15. The summed E-state index contributed by atoms with van der Waals surface area (Å²) in [5.41, 5.74) is 6.56. The SMILES string of the molecule is CCC(C)Nc1ncnc(Nc2ccc(Br)cn2)c1N. The summed E-state index contributed by atoms with van der Waals surface area (Å²) in [6.07, 6.45) is 4.17. The summed E-state index contributed by atoms with van der Waals surface area (Å²) in [5.74, 6) is 1.85. The van der Waals surface area contributed by atoms with Crippen molar-refractivity contribution in [3.8, 4) is 0 Å². The topological polar surface area (TPSA) is 88.8 Å². The number of hydrogen-bond acceptors (Lipinski definition) is 6. The molecular formula is C13H17BrN6. The van der Waals surface area contributed by atoms with Crippen LogP contribution in [0.4, 0.5) is 23.1 Å². The van der Waals surface area contributed by atoms with Crippen LogP contribution in [-0.4, -0.2) is 21.0 Å². The third-order valence-electron chi connectivity index (χ3n) is 2.85. The Bertz CT molecular complexity index is 572. The van der Waals surface area contributed by atoms with Crippen molar-refractivity contribution in [2.75, 3.05) is 16.4 Å². The summed E-state index contributed by atoms with van der Waals surface area (Å²) in [6, 6.07) is 4.03. The molecule has 0 bridgehead atoms. The van der Waals surface area contributed by atoms with Gasteiger partial charge in [0.1, 0.15) is 17.8 Å². The van der Waals surface area contributed by atoms with Crippen LogP contribution in [0.2, 0.25) is 0 Å². The van der Waals surface area contributed by atoms with Crippen molar-refractivity contribution in [3.63, 3.8) is 0 Å². The van der Waals surface area contributed by atoms with Gasteiger partial charge in [-0.15, -0.1) is 0 Å². The van der Waals surface area contributed by atoms with Crippen molar-refractivity contribution in [2.24, 2.45) is 0 Å². The molecule has 0 aliphatic rings. The smallest absolute Gasteiger partial charge is 0.160 e. The summed E-state index contributed by atoms with van der Waals surface area (Å²) in [4.78, 5) is 12.5. The molecule has 2 aromatic rings. The summed E-state index contributed by atoms with van der Waals surface area (Å²) in [6.45, 7) is 4.17. The predicted octanol–water partition coefficient (Wildman–Crippen LogP) is 3.17. The van der Waals surface area contributed by atoms with Crippen LogP contribution in [0.5, 0.6) is 0 Å². The maximum absolute atomic E-state index is 6.08. The number of rotatable bonds is 5. The van der Waals surface area contributed by atoms with Gasteiger partial charge in [0.05, 0.1) is 0 Å². The van der Waals surface area contributed by atoms with Crippen LogP contribution in [0, 0.1) is 0 Å². The number of pyridine rings is 1. The van der Waals surface area contributed by atoms with E-state index in [-0.39, 0.29) is 0 Å². The average molecular weight is 337 g/mol. The Balaban J connectivity index is 2.20. The minimum Gasteiger partial charge on any atom is -0.393 e. The van der Waals surface area contributed by atoms with Gasteiger partial charge in [0.15, 0.2) is 11.6 Å². The molecule has 2 rings (SSSR count). The lowest BCUT2D eigenvalue weighted by atomic mass is 10.2. The summed E-state index contributed by atoms with van der Waals surface area (Å²) in [5, 5.41) is 6.33. The van der Waals surface area contributed by atoms with E-state index in [1.54, 1.807) is 6.20 Å². The number of nitrogens with one attached hydrogen (secondary N) is 2. The quantitative estimate of drug-likeness (QED) is 0.777. The summed E-state index contributed by atoms with van der Waals surface area (Å²) >= 11 is 3.34. The lowest BCUT2D eigenvalue weighted by Crippen LogP contribution is -2.16. The third-order valence-corrected chi connectivity index (χ3v) is 3.32. The third kappa shape index (κ3) is 3.57. The Morgan fingerprint density at radius 2 is 2.00 bits per heavy atom. The van der Waals surface area contributed by atoms with Crippen LogP contribution >= 0.6 is 15.9 Å². The highest BCUT2D eigenvalue weighted by Gasteiger charge is 2.10. The maximum Gasteiger partial charge on any atom is 0.160 e. The van der Waals surface area contributed by atoms with Crippen molar-refractivity contribution in [1.29, 1.82) is 0 Å². The largest absolute Gasteiger partial charge is 0.393 e. The Kier molecular flexibility index (Phi) is 4.73. The van der Waals surface area contributed by atoms with Gasteiger partial charge in [-0.2, -0.15) is 0 Å². The van der Waals surface area contributed by atoms with Crippen LogP contribution < -0.4 is 16.4 Å². The average Bonchev–Trinajstić information content (AvgIpc) is 2.45. The molecule has 1 unspecified atom stereocenters. The molecule has 0 fully saturated rings. The molecule has 0 aliphatic carbocycles. The van der Waals surface area contributed by atoms with E-state index in [4.69, 9.17) is 5.73 Å². The van der Waals surface area contributed by atoms with Gasteiger partial charge < -0.3 is 16.4 Å². The van der Waals surface area contributed by atoms with Crippen LogP contribution in [-0.2, 0) is 0 Å². The molecule has 1 atom stereocenters. The Morgan fingerprint density at radius 1 is 1.25 bits per heavy atom. The monoisotopic (exact) mass is 336 g/mol. The number of halogens is 1. The van der Waals surface area contributed by atoms with Crippen molar-refractivity contribution in [1.82, 2.24) is 15.0 Å². The van der Waals surface area contributed by atoms with Gasteiger partial charge in [0, 0.05) is 16.7 Å². The molecule has 0 saturated heterocycles. The Labute approximate surface area is 126 Å². The zero-order valence-corrected chi connectivity index (χ0v) is 13.0. The van der Waals surface area contributed by atoms with E-state index in [1.807, 2.05) is 12.1 Å². The molecule has 0 amide bonds. The highest BCUT2D eigenvalue weighted by atomic mass is 79.9. The van der Waals surface area contributed by atoms with E-state index in [0.717, 1.165) is 10.9 Å². The fourth-order valence-electron chi connectivity index (χ4n) is 1.52. The number of hydrogen-bond donors (Lipinski definition) is 3. The minimum absolute atomic E-state index is 0.297. The first-order valence-electron chi connectivity index (χ1n) is 6.35. The highest BCUT2D eigenvalue weighted by molar-refractivity contribution is 9.10. The van der Waals surface area contributed by atoms with Gasteiger partial charge in [0.25, 0.3) is 0 Å². The number of nitrogen functional groups attached to an aromatic ring is 1. The van der Waals surface area contributed by atoms with E-state index >= 15 is 0 Å². The van der Waals surface area contributed by atoms with Gasteiger partial charge in [-0.05, 0) is 41.4 Å². The normalized spacial score (nSPS) is 11.9. The standard InChI is InChI=1S/C13H17BrN6/c1-3-8(2)19-12-11(15)13(18-7-17-12)20-10-5-4-9(14)6-16-10/h4-8H,3,15H2,1-2H3,(H2,16,17,18,19,20). The molecule has 6 nitrogen and oxygen atoms in total. The number of aromatic nitrogens is 3. The molecule has 2 heterocycles. The van der Waals surface area contributed by atoms with E-state index in [1.165, 1.54) is 6.33 Å². The van der Waals surface area contributed by atoms with Crippen molar-refractivity contribution in [2.45, 2.75) is 26.3 Å². The molecule has 0 spiro atoms. The van der Waals surface area contributed by atoms with Crippen LogP contribution in [0.3, 0.4) is 0 Å². The van der Waals surface area contributed by atoms with Crippen molar-refractivity contribution >= 4 is 39.1 Å². The fraction of sp³-hybridized carbons (Fsp3) is 0.308. The molecule has 2 aromatic heterocycles. The molecule has 0 radical (unpaired) electrons. The highest BCUT2D eigenvalue weighted by Crippen LogP contribution is 2.25. The van der Waals surface area contributed by atoms with E-state index < -0.39 is 0 Å². The molecule has 106 valence electrons. The molecule has 0 aliphatic heterocycles. The van der Waals surface area contributed by atoms with Gasteiger partial charge in [-0.3, -0.25) is 0 Å². The van der Waals surface area contributed by atoms with Gasteiger partial charge in [0.2, 0.25) is 0 Å². The zero-order valence-electron chi connectivity index (χ0n) is 11.4. The number of anilines is 4. The molecule has 7 heteroatoms. The Hall–Kier alpha value is -1.89. The van der Waals surface area contributed by atoms with Crippen LogP contribution in [0.25, 0.3) is 0 Å². The first kappa shape index (κ1) is 14.5. The van der Waals surface area contributed by atoms with E-state index in [9.17, 15) is 0 Å².